The first-order chi connectivity index (χ1) is 12.7. The van der Waals surface area contributed by atoms with Crippen LogP contribution in [0.5, 0.6) is 5.75 Å². The highest BCUT2D eigenvalue weighted by atomic mass is 16.5. The minimum atomic E-state index is -0.388. The van der Waals surface area contributed by atoms with Crippen LogP contribution in [0.15, 0.2) is 63.9 Å². The van der Waals surface area contributed by atoms with E-state index in [1.165, 1.54) is 6.07 Å². The average molecular weight is 347 g/mol. The zero-order chi connectivity index (χ0) is 18.1. The van der Waals surface area contributed by atoms with E-state index in [2.05, 4.69) is 4.98 Å². The van der Waals surface area contributed by atoms with Crippen LogP contribution in [0.4, 0.5) is 0 Å². The SMILES string of the molecule is CCc1cc(=O)oc2cc(OCC(=O)c3c[nH]c4ccccc34)ccc12. The first-order valence-corrected chi connectivity index (χ1v) is 8.44. The number of hydrogen-bond acceptors (Lipinski definition) is 4. The molecule has 4 aromatic rings. The largest absolute Gasteiger partial charge is 0.485 e. The van der Waals surface area contributed by atoms with E-state index in [1.807, 2.05) is 37.3 Å². The van der Waals surface area contributed by atoms with Crippen LogP contribution in [0.25, 0.3) is 21.9 Å². The zero-order valence-corrected chi connectivity index (χ0v) is 14.2. The number of H-pyrrole nitrogens is 1. The summed E-state index contributed by atoms with van der Waals surface area (Å²) in [6.07, 6.45) is 2.44. The third-order valence-corrected chi connectivity index (χ3v) is 4.44. The van der Waals surface area contributed by atoms with Crippen molar-refractivity contribution >= 4 is 27.7 Å². The standard InChI is InChI=1S/C21H17NO4/c1-2-13-9-21(24)26-20-10-14(7-8-15(13)20)25-12-19(23)17-11-22-18-6-4-3-5-16(17)18/h3-11,22H,2,12H2,1H3. The number of fused-ring (bicyclic) bond motifs is 2. The second kappa shape index (κ2) is 6.52. The van der Waals surface area contributed by atoms with Crippen molar-refractivity contribution in [1.29, 1.82) is 0 Å². The Balaban J connectivity index is 1.58. The Morgan fingerprint density at radius 2 is 1.96 bits per heavy atom. The fourth-order valence-electron chi connectivity index (χ4n) is 3.12. The maximum atomic E-state index is 12.5. The molecule has 0 aliphatic heterocycles. The van der Waals surface area contributed by atoms with Crippen molar-refractivity contribution in [2.75, 3.05) is 6.61 Å². The molecule has 0 bridgehead atoms. The molecule has 0 unspecified atom stereocenters. The van der Waals surface area contributed by atoms with Crippen LogP contribution in [-0.2, 0) is 6.42 Å². The Morgan fingerprint density at radius 1 is 1.12 bits per heavy atom. The summed E-state index contributed by atoms with van der Waals surface area (Å²) in [5.41, 5.74) is 2.52. The number of ether oxygens (including phenoxy) is 1. The van der Waals surface area contributed by atoms with Crippen LogP contribution in [0, 0.1) is 0 Å². The van der Waals surface area contributed by atoms with E-state index in [9.17, 15) is 9.59 Å². The summed E-state index contributed by atoms with van der Waals surface area (Å²) in [6.45, 7) is 1.89. The van der Waals surface area contributed by atoms with Crippen molar-refractivity contribution in [1.82, 2.24) is 4.98 Å². The highest BCUT2D eigenvalue weighted by Gasteiger charge is 2.13. The monoisotopic (exact) mass is 347 g/mol. The van der Waals surface area contributed by atoms with Gasteiger partial charge in [-0.25, -0.2) is 4.79 Å². The smallest absolute Gasteiger partial charge is 0.336 e. The molecule has 0 aliphatic rings. The maximum absolute atomic E-state index is 12.5. The van der Waals surface area contributed by atoms with Crippen molar-refractivity contribution < 1.29 is 13.9 Å². The normalized spacial score (nSPS) is 11.1. The quantitative estimate of drug-likeness (QED) is 0.436. The van der Waals surface area contributed by atoms with E-state index in [1.54, 1.807) is 18.3 Å². The van der Waals surface area contributed by atoms with Crippen molar-refractivity contribution in [3.63, 3.8) is 0 Å². The van der Waals surface area contributed by atoms with Gasteiger partial charge in [-0.15, -0.1) is 0 Å². The summed E-state index contributed by atoms with van der Waals surface area (Å²) in [5, 5.41) is 1.75. The van der Waals surface area contributed by atoms with Gasteiger partial charge in [0.15, 0.2) is 6.61 Å². The number of carbonyl (C=O) groups excluding carboxylic acids is 1. The molecule has 0 saturated carbocycles. The van der Waals surface area contributed by atoms with Gasteiger partial charge in [-0.2, -0.15) is 0 Å². The number of para-hydroxylation sites is 1. The minimum absolute atomic E-state index is 0.0922. The summed E-state index contributed by atoms with van der Waals surface area (Å²) >= 11 is 0. The first kappa shape index (κ1) is 16.1. The van der Waals surface area contributed by atoms with Gasteiger partial charge in [0.05, 0.1) is 0 Å². The third kappa shape index (κ3) is 2.88. The first-order valence-electron chi connectivity index (χ1n) is 8.44. The van der Waals surface area contributed by atoms with Gasteiger partial charge in [0, 0.05) is 40.2 Å². The number of aromatic nitrogens is 1. The molecule has 26 heavy (non-hydrogen) atoms. The molecule has 0 radical (unpaired) electrons. The summed E-state index contributed by atoms with van der Waals surface area (Å²) in [6, 6.07) is 14.4. The topological polar surface area (TPSA) is 72.3 Å². The molecule has 2 heterocycles. The lowest BCUT2D eigenvalue weighted by Crippen LogP contribution is -2.11. The van der Waals surface area contributed by atoms with Crippen LogP contribution in [0.3, 0.4) is 0 Å². The lowest BCUT2D eigenvalue weighted by Gasteiger charge is -2.07. The Bertz CT molecular complexity index is 1170. The van der Waals surface area contributed by atoms with Gasteiger partial charge in [0.1, 0.15) is 11.3 Å². The average Bonchev–Trinajstić information content (AvgIpc) is 3.09. The molecule has 2 aromatic carbocycles. The van der Waals surface area contributed by atoms with Gasteiger partial charge >= 0.3 is 5.63 Å². The van der Waals surface area contributed by atoms with Crippen molar-refractivity contribution in [3.8, 4) is 5.75 Å². The number of aryl methyl sites for hydroxylation is 1. The minimum Gasteiger partial charge on any atom is -0.485 e. The predicted molar refractivity (Wildman–Crippen MR) is 100.0 cm³/mol. The number of carbonyl (C=O) groups is 1. The number of aromatic amines is 1. The molecule has 2 aromatic heterocycles. The number of benzene rings is 2. The fraction of sp³-hybridized carbons (Fsp3) is 0.143. The number of Topliss-reactive ketones (excluding diaryl/α,β-unsaturated/α-hetero) is 1. The second-order valence-corrected chi connectivity index (χ2v) is 6.06. The zero-order valence-electron chi connectivity index (χ0n) is 14.2. The molecule has 0 spiro atoms. The van der Waals surface area contributed by atoms with Gasteiger partial charge in [-0.05, 0) is 30.2 Å². The van der Waals surface area contributed by atoms with Crippen LogP contribution in [0.2, 0.25) is 0 Å². The van der Waals surface area contributed by atoms with E-state index in [4.69, 9.17) is 9.15 Å². The van der Waals surface area contributed by atoms with E-state index in [0.717, 1.165) is 28.3 Å². The fourth-order valence-corrected chi connectivity index (χ4v) is 3.12. The molecule has 0 fully saturated rings. The molecule has 0 saturated heterocycles. The van der Waals surface area contributed by atoms with Crippen molar-refractivity contribution in [2.45, 2.75) is 13.3 Å². The van der Waals surface area contributed by atoms with Crippen LogP contribution >= 0.6 is 0 Å². The molecular weight excluding hydrogens is 330 g/mol. The van der Waals surface area contributed by atoms with E-state index >= 15 is 0 Å². The molecule has 130 valence electrons. The van der Waals surface area contributed by atoms with Crippen molar-refractivity contribution in [3.05, 3.63) is 76.3 Å². The number of rotatable bonds is 5. The summed E-state index contributed by atoms with van der Waals surface area (Å²) in [7, 11) is 0. The van der Waals surface area contributed by atoms with E-state index in [-0.39, 0.29) is 18.0 Å². The summed E-state index contributed by atoms with van der Waals surface area (Å²) in [5.74, 6) is 0.369. The molecule has 5 heteroatoms. The Hall–Kier alpha value is -3.34. The second-order valence-electron chi connectivity index (χ2n) is 6.06. The van der Waals surface area contributed by atoms with Crippen LogP contribution in [0.1, 0.15) is 22.8 Å². The predicted octanol–water partition coefficient (Wildman–Crippen LogP) is 4.10. The Labute approximate surface area is 149 Å². The molecule has 4 rings (SSSR count). The highest BCUT2D eigenvalue weighted by Crippen LogP contribution is 2.24. The molecule has 5 nitrogen and oxygen atoms in total. The van der Waals surface area contributed by atoms with E-state index in [0.29, 0.717) is 16.9 Å². The van der Waals surface area contributed by atoms with Crippen LogP contribution in [-0.4, -0.2) is 17.4 Å². The summed E-state index contributed by atoms with van der Waals surface area (Å²) in [4.78, 5) is 27.2. The highest BCUT2D eigenvalue weighted by molar-refractivity contribution is 6.08. The molecular formula is C21H17NO4. The molecule has 0 atom stereocenters. The van der Waals surface area contributed by atoms with Crippen molar-refractivity contribution in [2.24, 2.45) is 0 Å². The number of hydrogen-bond donors (Lipinski definition) is 1. The molecule has 0 aliphatic carbocycles. The van der Waals surface area contributed by atoms with Gasteiger partial charge < -0.3 is 14.1 Å². The van der Waals surface area contributed by atoms with E-state index < -0.39 is 0 Å². The van der Waals surface area contributed by atoms with Gasteiger partial charge in [0.2, 0.25) is 5.78 Å². The van der Waals surface area contributed by atoms with Gasteiger partial charge in [0.25, 0.3) is 0 Å². The maximum Gasteiger partial charge on any atom is 0.336 e. The molecule has 1 N–H and O–H groups in total. The number of ketones is 1. The third-order valence-electron chi connectivity index (χ3n) is 4.44. The van der Waals surface area contributed by atoms with Gasteiger partial charge in [-0.3, -0.25) is 4.79 Å². The van der Waals surface area contributed by atoms with Gasteiger partial charge in [-0.1, -0.05) is 25.1 Å². The summed E-state index contributed by atoms with van der Waals surface area (Å²) < 4.78 is 10.9. The van der Waals surface area contributed by atoms with Crippen LogP contribution < -0.4 is 10.4 Å². The molecule has 0 amide bonds. The Morgan fingerprint density at radius 3 is 2.81 bits per heavy atom. The lowest BCUT2D eigenvalue weighted by atomic mass is 10.1. The Kier molecular flexibility index (Phi) is 4.05. The number of nitrogens with one attached hydrogen (secondary N) is 1. The lowest BCUT2D eigenvalue weighted by molar-refractivity contribution is 0.0923.